The molecule has 0 spiro atoms. The molecule has 2 aromatic carbocycles. The number of halogens is 1. The van der Waals surface area contributed by atoms with Crippen molar-refractivity contribution in [1.29, 1.82) is 0 Å². The number of amides is 1. The van der Waals surface area contributed by atoms with E-state index in [4.69, 9.17) is 14.5 Å². The van der Waals surface area contributed by atoms with Crippen LogP contribution in [0.5, 0.6) is 11.5 Å². The molecule has 0 radical (unpaired) electrons. The van der Waals surface area contributed by atoms with E-state index in [0.29, 0.717) is 38.7 Å². The maximum atomic E-state index is 12.1. The smallest absolute Gasteiger partial charge is 0.225 e. The molecule has 166 valence electrons. The highest BCUT2D eigenvalue weighted by Gasteiger charge is 2.24. The van der Waals surface area contributed by atoms with Crippen molar-refractivity contribution >= 4 is 41.5 Å². The summed E-state index contributed by atoms with van der Waals surface area (Å²) in [6.07, 6.45) is 1.33. The van der Waals surface area contributed by atoms with Crippen molar-refractivity contribution in [3.63, 3.8) is 0 Å². The van der Waals surface area contributed by atoms with Crippen molar-refractivity contribution in [3.8, 4) is 11.5 Å². The monoisotopic (exact) mass is 536 g/mol. The second-order valence-corrected chi connectivity index (χ2v) is 7.41. The summed E-state index contributed by atoms with van der Waals surface area (Å²) in [6.45, 7) is 5.20. The Morgan fingerprint density at radius 1 is 1.13 bits per heavy atom. The molecule has 1 amide bonds. The predicted molar refractivity (Wildman–Crippen MR) is 133 cm³/mol. The Kier molecular flexibility index (Phi) is 8.39. The van der Waals surface area contributed by atoms with Crippen LogP contribution in [0.25, 0.3) is 0 Å². The van der Waals surface area contributed by atoms with Crippen LogP contribution in [0, 0.1) is 0 Å². The molecule has 2 aliphatic heterocycles. The number of fused-ring (bicyclic) bond motifs is 2. The first-order valence-corrected chi connectivity index (χ1v) is 10.5. The minimum absolute atomic E-state index is 0. The number of rotatable bonds is 5. The van der Waals surface area contributed by atoms with Crippen molar-refractivity contribution in [2.24, 2.45) is 4.99 Å². The van der Waals surface area contributed by atoms with Gasteiger partial charge in [0.1, 0.15) is 0 Å². The third-order valence-corrected chi connectivity index (χ3v) is 5.23. The molecule has 31 heavy (non-hydrogen) atoms. The Morgan fingerprint density at radius 2 is 1.97 bits per heavy atom. The van der Waals surface area contributed by atoms with E-state index >= 15 is 0 Å². The highest BCUT2D eigenvalue weighted by Crippen LogP contribution is 2.34. The van der Waals surface area contributed by atoms with Crippen LogP contribution < -0.4 is 25.4 Å². The van der Waals surface area contributed by atoms with Crippen LogP contribution in [0.2, 0.25) is 0 Å². The van der Waals surface area contributed by atoms with Crippen LogP contribution in [0.4, 0.5) is 5.69 Å². The van der Waals surface area contributed by atoms with Crippen LogP contribution in [0.15, 0.2) is 47.5 Å². The molecule has 0 aromatic heterocycles. The molecular formula is C23H29IN4O3. The van der Waals surface area contributed by atoms with Gasteiger partial charge >= 0.3 is 0 Å². The zero-order valence-corrected chi connectivity index (χ0v) is 20.0. The number of hydrogen-bond acceptors (Lipinski definition) is 4. The van der Waals surface area contributed by atoms with E-state index in [0.717, 1.165) is 41.3 Å². The first-order chi connectivity index (χ1) is 14.7. The van der Waals surface area contributed by atoms with Gasteiger partial charge in [-0.05, 0) is 24.6 Å². The summed E-state index contributed by atoms with van der Waals surface area (Å²) in [6, 6.07) is 13.9. The second-order valence-electron chi connectivity index (χ2n) is 7.41. The lowest BCUT2D eigenvalue weighted by molar-refractivity contribution is -0.116. The maximum absolute atomic E-state index is 12.1. The number of guanidine groups is 1. The molecule has 2 aliphatic rings. The molecule has 4 rings (SSSR count). The van der Waals surface area contributed by atoms with Crippen LogP contribution >= 0.6 is 24.0 Å². The molecule has 2 aromatic rings. The van der Waals surface area contributed by atoms with Crippen molar-refractivity contribution in [1.82, 2.24) is 10.6 Å². The predicted octanol–water partition coefficient (Wildman–Crippen LogP) is 3.65. The lowest BCUT2D eigenvalue weighted by Gasteiger charge is -2.26. The van der Waals surface area contributed by atoms with E-state index in [1.54, 1.807) is 0 Å². The number of nitrogens with zero attached hydrogens (tertiary/aromatic N) is 1. The maximum Gasteiger partial charge on any atom is 0.225 e. The van der Waals surface area contributed by atoms with Crippen LogP contribution in [-0.4, -0.2) is 38.2 Å². The summed E-state index contributed by atoms with van der Waals surface area (Å²) >= 11 is 0. The van der Waals surface area contributed by atoms with E-state index in [2.05, 4.69) is 22.0 Å². The summed E-state index contributed by atoms with van der Waals surface area (Å²) < 4.78 is 11.7. The second kappa shape index (κ2) is 11.2. The van der Waals surface area contributed by atoms with Crippen LogP contribution in [-0.2, 0) is 11.3 Å². The molecule has 0 bridgehead atoms. The van der Waals surface area contributed by atoms with E-state index in [9.17, 15) is 4.79 Å². The van der Waals surface area contributed by atoms with Gasteiger partial charge in [-0.2, -0.15) is 0 Å². The quantitative estimate of drug-likeness (QED) is 0.309. The third kappa shape index (κ3) is 5.81. The van der Waals surface area contributed by atoms with Gasteiger partial charge in [0.25, 0.3) is 0 Å². The minimum atomic E-state index is 0. The SMILES string of the molecule is CCNC(=NCc1cccc2c1OCCCO2)NCC1CC(=O)Nc2ccccc21.I. The molecule has 0 saturated carbocycles. The zero-order chi connectivity index (χ0) is 20.8. The van der Waals surface area contributed by atoms with Gasteiger partial charge in [-0.3, -0.25) is 4.79 Å². The Bertz CT molecular complexity index is 935. The van der Waals surface area contributed by atoms with Gasteiger partial charge in [-0.25, -0.2) is 4.99 Å². The minimum Gasteiger partial charge on any atom is -0.490 e. The lowest BCUT2D eigenvalue weighted by atomic mass is 9.90. The normalized spacial score (nSPS) is 17.5. The average Bonchev–Trinajstić information content (AvgIpc) is 3.01. The van der Waals surface area contributed by atoms with Crippen molar-refractivity contribution < 1.29 is 14.3 Å². The van der Waals surface area contributed by atoms with Gasteiger partial charge in [-0.1, -0.05) is 30.3 Å². The molecule has 3 N–H and O–H groups in total. The fourth-order valence-corrected chi connectivity index (χ4v) is 3.79. The number of para-hydroxylation sites is 2. The topological polar surface area (TPSA) is 84.0 Å². The van der Waals surface area contributed by atoms with E-state index in [1.807, 2.05) is 43.3 Å². The number of aliphatic imine (C=N–C) groups is 1. The summed E-state index contributed by atoms with van der Waals surface area (Å²) in [7, 11) is 0. The first kappa shape index (κ1) is 23.2. The molecule has 0 aliphatic carbocycles. The molecule has 1 unspecified atom stereocenters. The Hall–Kier alpha value is -2.49. The van der Waals surface area contributed by atoms with Gasteiger partial charge in [0.15, 0.2) is 17.5 Å². The third-order valence-electron chi connectivity index (χ3n) is 5.23. The fourth-order valence-electron chi connectivity index (χ4n) is 3.79. The number of carbonyl (C=O) groups is 1. The number of anilines is 1. The van der Waals surface area contributed by atoms with E-state index in [1.165, 1.54) is 0 Å². The van der Waals surface area contributed by atoms with E-state index < -0.39 is 0 Å². The standard InChI is InChI=1S/C23H28N4O3.HI/c1-2-24-23(25-14-16-7-5-10-20-22(16)30-12-6-11-29-20)26-15-17-13-21(28)27-19-9-4-3-8-18(17)19;/h3-5,7-10,17H,2,6,11-15H2,1H3,(H,27,28)(H2,24,25,26);1H. The van der Waals surface area contributed by atoms with Crippen molar-refractivity contribution in [3.05, 3.63) is 53.6 Å². The number of ether oxygens (including phenoxy) is 2. The van der Waals surface area contributed by atoms with Crippen molar-refractivity contribution in [2.75, 3.05) is 31.6 Å². The molecule has 0 fully saturated rings. The van der Waals surface area contributed by atoms with E-state index in [-0.39, 0.29) is 35.8 Å². The summed E-state index contributed by atoms with van der Waals surface area (Å²) in [4.78, 5) is 16.8. The Labute approximate surface area is 200 Å². The largest absolute Gasteiger partial charge is 0.490 e. The van der Waals surface area contributed by atoms with Crippen LogP contribution in [0.3, 0.4) is 0 Å². The summed E-state index contributed by atoms with van der Waals surface area (Å²) in [5.41, 5.74) is 3.04. The van der Waals surface area contributed by atoms with Gasteiger partial charge < -0.3 is 25.4 Å². The Morgan fingerprint density at radius 3 is 2.84 bits per heavy atom. The number of benzene rings is 2. The highest BCUT2D eigenvalue weighted by molar-refractivity contribution is 14.0. The summed E-state index contributed by atoms with van der Waals surface area (Å²) in [5.74, 6) is 2.43. The molecule has 1 atom stereocenters. The fraction of sp³-hybridized carbons (Fsp3) is 0.391. The lowest BCUT2D eigenvalue weighted by Crippen LogP contribution is -2.40. The van der Waals surface area contributed by atoms with Crippen molar-refractivity contribution in [2.45, 2.75) is 32.2 Å². The number of hydrogen-bond donors (Lipinski definition) is 3. The molecule has 2 heterocycles. The molecular weight excluding hydrogens is 507 g/mol. The Balaban J connectivity index is 0.00000272. The molecule has 8 heteroatoms. The average molecular weight is 536 g/mol. The van der Waals surface area contributed by atoms with Gasteiger partial charge in [0.05, 0.1) is 19.8 Å². The molecule has 0 saturated heterocycles. The summed E-state index contributed by atoms with van der Waals surface area (Å²) in [5, 5.41) is 9.63. The van der Waals surface area contributed by atoms with Gasteiger partial charge in [0.2, 0.25) is 5.91 Å². The number of carbonyl (C=O) groups excluding carboxylic acids is 1. The zero-order valence-electron chi connectivity index (χ0n) is 17.6. The molecule has 7 nitrogen and oxygen atoms in total. The van der Waals surface area contributed by atoms with Gasteiger partial charge in [0, 0.05) is 43.1 Å². The first-order valence-electron chi connectivity index (χ1n) is 10.5. The number of nitrogens with one attached hydrogen (secondary N) is 3. The highest BCUT2D eigenvalue weighted by atomic mass is 127. The van der Waals surface area contributed by atoms with Crippen LogP contribution in [0.1, 0.15) is 36.8 Å². The van der Waals surface area contributed by atoms with Gasteiger partial charge in [-0.15, -0.1) is 24.0 Å².